The van der Waals surface area contributed by atoms with E-state index in [1.54, 1.807) is 0 Å². The van der Waals surface area contributed by atoms with Gasteiger partial charge in [0.25, 0.3) is 0 Å². The number of nitrogens with one attached hydrogen (secondary N) is 1. The molecule has 102 valence electrons. The number of hydrogen-bond acceptors (Lipinski definition) is 2. The minimum absolute atomic E-state index is 0.462. The van der Waals surface area contributed by atoms with Crippen molar-refractivity contribution in [2.45, 2.75) is 19.6 Å². The van der Waals surface area contributed by atoms with Gasteiger partial charge in [-0.1, -0.05) is 54.6 Å². The van der Waals surface area contributed by atoms with Crippen molar-refractivity contribution < 1.29 is 4.74 Å². The van der Waals surface area contributed by atoms with E-state index in [-0.39, 0.29) is 0 Å². The average Bonchev–Trinajstić information content (AvgIpc) is 2.74. The van der Waals surface area contributed by atoms with Gasteiger partial charge in [-0.3, -0.25) is 0 Å². The van der Waals surface area contributed by atoms with Gasteiger partial charge < -0.3 is 10.1 Å². The standard InChI is InChI=1S/C17H16INO/c1-12-16(18)19-17(2,20-12)15-10-8-14(9-11-15)13-6-4-3-5-7-13/h3-11,19H,1-2H3. The van der Waals surface area contributed by atoms with Crippen LogP contribution in [0.25, 0.3) is 11.1 Å². The summed E-state index contributed by atoms with van der Waals surface area (Å²) in [4.78, 5) is 0. The largest absolute Gasteiger partial charge is 0.466 e. The van der Waals surface area contributed by atoms with Gasteiger partial charge in [-0.25, -0.2) is 0 Å². The molecule has 0 bridgehead atoms. The van der Waals surface area contributed by atoms with Gasteiger partial charge in [-0.2, -0.15) is 0 Å². The SMILES string of the molecule is CC1=C(I)NC(C)(c2ccc(-c3ccccc3)cc2)O1. The van der Waals surface area contributed by atoms with Crippen LogP contribution in [0.1, 0.15) is 19.4 Å². The molecule has 3 heteroatoms. The van der Waals surface area contributed by atoms with Crippen LogP contribution in [0.15, 0.2) is 64.1 Å². The number of benzene rings is 2. The van der Waals surface area contributed by atoms with Crippen LogP contribution in [0.3, 0.4) is 0 Å². The first kappa shape index (κ1) is 13.5. The molecule has 1 heterocycles. The first-order chi connectivity index (χ1) is 9.58. The fourth-order valence-corrected chi connectivity index (χ4v) is 3.04. The monoisotopic (exact) mass is 377 g/mol. The molecule has 0 aliphatic carbocycles. The fraction of sp³-hybridized carbons (Fsp3) is 0.176. The van der Waals surface area contributed by atoms with E-state index in [0.29, 0.717) is 0 Å². The van der Waals surface area contributed by atoms with Gasteiger partial charge in [0.2, 0.25) is 5.72 Å². The molecule has 1 N–H and O–H groups in total. The van der Waals surface area contributed by atoms with Crippen molar-refractivity contribution in [3.05, 3.63) is 69.6 Å². The Bertz CT molecular complexity index is 632. The Kier molecular flexibility index (Phi) is 3.46. The first-order valence-corrected chi connectivity index (χ1v) is 7.66. The highest BCUT2D eigenvalue weighted by atomic mass is 127. The molecule has 2 nitrogen and oxygen atoms in total. The highest BCUT2D eigenvalue weighted by molar-refractivity contribution is 14.1. The quantitative estimate of drug-likeness (QED) is 0.601. The Morgan fingerprint density at radius 3 is 2.10 bits per heavy atom. The molecular formula is C17H16INO. The summed E-state index contributed by atoms with van der Waals surface area (Å²) in [6.45, 7) is 4.04. The zero-order valence-corrected chi connectivity index (χ0v) is 13.6. The van der Waals surface area contributed by atoms with Crippen LogP contribution < -0.4 is 5.32 Å². The second-order valence-corrected chi connectivity index (χ2v) is 6.15. The maximum atomic E-state index is 5.95. The Labute approximate surface area is 133 Å². The van der Waals surface area contributed by atoms with Crippen LogP contribution in [-0.4, -0.2) is 0 Å². The van der Waals surface area contributed by atoms with Crippen LogP contribution in [0, 0.1) is 0 Å². The van der Waals surface area contributed by atoms with Crippen molar-refractivity contribution in [2.75, 3.05) is 0 Å². The van der Waals surface area contributed by atoms with Gasteiger partial charge in [0.05, 0.1) is 0 Å². The third kappa shape index (κ3) is 2.42. The summed E-state index contributed by atoms with van der Waals surface area (Å²) in [5.74, 6) is 0.945. The maximum Gasteiger partial charge on any atom is 0.204 e. The summed E-state index contributed by atoms with van der Waals surface area (Å²) in [6.07, 6.45) is 0. The molecule has 1 aliphatic heterocycles. The molecule has 20 heavy (non-hydrogen) atoms. The van der Waals surface area contributed by atoms with E-state index in [2.05, 4.69) is 83.4 Å². The molecule has 0 spiro atoms. The van der Waals surface area contributed by atoms with Crippen molar-refractivity contribution in [3.63, 3.8) is 0 Å². The van der Waals surface area contributed by atoms with Crippen molar-refractivity contribution in [3.8, 4) is 11.1 Å². The van der Waals surface area contributed by atoms with E-state index >= 15 is 0 Å². The van der Waals surface area contributed by atoms with Gasteiger partial charge in [0.15, 0.2) is 0 Å². The van der Waals surface area contributed by atoms with Crippen LogP contribution in [0.5, 0.6) is 0 Å². The van der Waals surface area contributed by atoms with Gasteiger partial charge in [0.1, 0.15) is 9.46 Å². The van der Waals surface area contributed by atoms with Gasteiger partial charge in [0, 0.05) is 5.56 Å². The van der Waals surface area contributed by atoms with Gasteiger partial charge >= 0.3 is 0 Å². The number of halogens is 1. The molecule has 1 aliphatic rings. The predicted octanol–water partition coefficient (Wildman–Crippen LogP) is 4.77. The number of rotatable bonds is 2. The molecule has 0 fully saturated rings. The lowest BCUT2D eigenvalue weighted by atomic mass is 9.99. The molecule has 0 radical (unpaired) electrons. The van der Waals surface area contributed by atoms with Crippen molar-refractivity contribution in [1.29, 1.82) is 0 Å². The fourth-order valence-electron chi connectivity index (χ4n) is 2.42. The van der Waals surface area contributed by atoms with Crippen LogP contribution in [0.2, 0.25) is 0 Å². The van der Waals surface area contributed by atoms with Crippen molar-refractivity contribution in [2.24, 2.45) is 0 Å². The Morgan fingerprint density at radius 2 is 1.55 bits per heavy atom. The molecule has 1 atom stereocenters. The molecule has 3 rings (SSSR count). The van der Waals surface area contributed by atoms with E-state index in [9.17, 15) is 0 Å². The summed E-state index contributed by atoms with van der Waals surface area (Å²) in [5, 5.41) is 3.40. The third-order valence-corrected chi connectivity index (χ3v) is 4.59. The smallest absolute Gasteiger partial charge is 0.204 e. The van der Waals surface area contributed by atoms with Gasteiger partial charge in [-0.05, 0) is 47.6 Å². The highest BCUT2D eigenvalue weighted by Gasteiger charge is 2.35. The lowest BCUT2D eigenvalue weighted by molar-refractivity contribution is 0.0224. The molecule has 0 amide bonds. The van der Waals surface area contributed by atoms with E-state index in [4.69, 9.17) is 4.74 Å². The van der Waals surface area contributed by atoms with Crippen molar-refractivity contribution in [1.82, 2.24) is 5.32 Å². The maximum absolute atomic E-state index is 5.95. The first-order valence-electron chi connectivity index (χ1n) is 6.58. The molecule has 0 saturated heterocycles. The molecule has 0 saturated carbocycles. The molecule has 2 aromatic carbocycles. The third-order valence-electron chi connectivity index (χ3n) is 3.56. The molecule has 2 aromatic rings. The minimum Gasteiger partial charge on any atom is -0.466 e. The van der Waals surface area contributed by atoms with E-state index in [0.717, 1.165) is 15.0 Å². The van der Waals surface area contributed by atoms with Gasteiger partial charge in [-0.15, -0.1) is 0 Å². The van der Waals surface area contributed by atoms with Crippen LogP contribution >= 0.6 is 22.6 Å². The number of allylic oxidation sites excluding steroid dienone is 1. The Balaban J connectivity index is 1.88. The zero-order chi connectivity index (χ0) is 14.2. The van der Waals surface area contributed by atoms with Crippen LogP contribution in [-0.2, 0) is 10.5 Å². The molecular weight excluding hydrogens is 361 g/mol. The normalized spacial score (nSPS) is 21.6. The lowest BCUT2D eigenvalue weighted by Gasteiger charge is -2.26. The second-order valence-electron chi connectivity index (χ2n) is 5.07. The average molecular weight is 377 g/mol. The highest BCUT2D eigenvalue weighted by Crippen LogP contribution is 2.35. The number of hydrogen-bond donors (Lipinski definition) is 1. The summed E-state index contributed by atoms with van der Waals surface area (Å²) >= 11 is 2.27. The van der Waals surface area contributed by atoms with Crippen LogP contribution in [0.4, 0.5) is 0 Å². The topological polar surface area (TPSA) is 21.3 Å². The molecule has 1 unspecified atom stereocenters. The zero-order valence-electron chi connectivity index (χ0n) is 11.5. The summed E-state index contributed by atoms with van der Waals surface area (Å²) < 4.78 is 7.02. The summed E-state index contributed by atoms with van der Waals surface area (Å²) in [6, 6.07) is 18.9. The summed E-state index contributed by atoms with van der Waals surface area (Å²) in [5.41, 5.74) is 3.11. The lowest BCUT2D eigenvalue weighted by Crippen LogP contribution is -2.34. The summed E-state index contributed by atoms with van der Waals surface area (Å²) in [7, 11) is 0. The number of ether oxygens (including phenoxy) is 1. The Morgan fingerprint density at radius 1 is 0.950 bits per heavy atom. The second kappa shape index (κ2) is 5.13. The Hall–Kier alpha value is -1.49. The molecule has 0 aromatic heterocycles. The van der Waals surface area contributed by atoms with E-state index < -0.39 is 5.72 Å². The van der Waals surface area contributed by atoms with Crippen molar-refractivity contribution >= 4 is 22.6 Å². The predicted molar refractivity (Wildman–Crippen MR) is 90.2 cm³/mol. The van der Waals surface area contributed by atoms with E-state index in [1.165, 1.54) is 11.1 Å². The minimum atomic E-state index is -0.462. The van der Waals surface area contributed by atoms with E-state index in [1.807, 2.05) is 13.0 Å².